The first kappa shape index (κ1) is 19.6. The van der Waals surface area contributed by atoms with Gasteiger partial charge in [-0.2, -0.15) is 6.92 Å². The maximum atomic E-state index is 4.82. The molecule has 0 saturated carbocycles. The van der Waals surface area contributed by atoms with E-state index in [9.17, 15) is 0 Å². The largest absolute Gasteiger partial charge is 0.316 e. The Labute approximate surface area is 155 Å². The topological polar surface area (TPSA) is 12.4 Å². The smallest absolute Gasteiger partial charge is 0.0677 e. The number of aliphatic imine (C=N–C) groups is 1. The summed E-state index contributed by atoms with van der Waals surface area (Å²) < 4.78 is 0. The van der Waals surface area contributed by atoms with Gasteiger partial charge in [0, 0.05) is 51.7 Å². The first-order valence-corrected chi connectivity index (χ1v) is 6.31. The van der Waals surface area contributed by atoms with Crippen LogP contribution < -0.4 is 0 Å². The summed E-state index contributed by atoms with van der Waals surface area (Å²) in [4.78, 5) is 4.82. The molecule has 0 spiro atoms. The van der Waals surface area contributed by atoms with Gasteiger partial charge in [-0.3, -0.25) is 4.99 Å². The molecule has 1 unspecified atom stereocenters. The van der Waals surface area contributed by atoms with Crippen LogP contribution in [0.15, 0.2) is 4.99 Å². The Morgan fingerprint density at radius 2 is 1.32 bits per heavy atom. The maximum absolute atomic E-state index is 4.82. The van der Waals surface area contributed by atoms with Gasteiger partial charge in [-0.15, -0.1) is 0 Å². The van der Waals surface area contributed by atoms with Crippen molar-refractivity contribution >= 4 is 11.4 Å². The van der Waals surface area contributed by atoms with Crippen molar-refractivity contribution in [1.29, 1.82) is 0 Å². The number of rotatable bonds is 1. The van der Waals surface area contributed by atoms with E-state index in [-0.39, 0.29) is 57.1 Å². The van der Waals surface area contributed by atoms with Crippen LogP contribution in [0.2, 0.25) is 0 Å². The summed E-state index contributed by atoms with van der Waals surface area (Å²) in [6.07, 6.45) is 2.28. The predicted octanol–water partition coefficient (Wildman–Crippen LogP) is 4.50. The molecule has 1 atom stereocenters. The van der Waals surface area contributed by atoms with E-state index in [1.165, 1.54) is 39.2 Å². The van der Waals surface area contributed by atoms with E-state index in [0.717, 1.165) is 0 Å². The molecule has 0 aromatic heterocycles. The summed E-state index contributed by atoms with van der Waals surface area (Å²) in [6, 6.07) is 0. The molecule has 0 saturated heterocycles. The standard InChI is InChI=1S/C16H22N.2Hf/c1-8-16(7)13(6)17-15-12(5)10(3)9(2)11(4)14(15)16;;/h8H,1-7H3;;/q-1;;. The maximum Gasteiger partial charge on any atom is 0.0677 e. The fourth-order valence-electron chi connectivity index (χ4n) is 2.89. The summed E-state index contributed by atoms with van der Waals surface area (Å²) in [5.74, 6) is 0. The molecule has 0 radical (unpaired) electrons. The third-order valence-electron chi connectivity index (χ3n) is 4.78. The van der Waals surface area contributed by atoms with E-state index in [1.807, 2.05) is 0 Å². The molecule has 1 aromatic rings. The van der Waals surface area contributed by atoms with Crippen LogP contribution in [0.5, 0.6) is 0 Å². The van der Waals surface area contributed by atoms with Crippen LogP contribution in [0.3, 0.4) is 0 Å². The minimum atomic E-state index is 0. The minimum absolute atomic E-state index is 0. The van der Waals surface area contributed by atoms with E-state index >= 15 is 0 Å². The number of hydrogen-bond donors (Lipinski definition) is 0. The molecule has 2 rings (SSSR count). The fourth-order valence-corrected chi connectivity index (χ4v) is 2.89. The van der Waals surface area contributed by atoms with Crippen molar-refractivity contribution in [2.75, 3.05) is 0 Å². The zero-order chi connectivity index (χ0) is 13.0. The van der Waals surface area contributed by atoms with Gasteiger partial charge in [0.15, 0.2) is 0 Å². The van der Waals surface area contributed by atoms with Gasteiger partial charge in [0.2, 0.25) is 0 Å². The van der Waals surface area contributed by atoms with Gasteiger partial charge in [0.25, 0.3) is 0 Å². The SMILES string of the molecule is C[CH-]C1(C)C(C)=Nc2c(C)c(C)c(C)c(C)c21.[Hf].[Hf]. The van der Waals surface area contributed by atoms with Crippen LogP contribution in [-0.4, -0.2) is 5.71 Å². The monoisotopic (exact) mass is 588 g/mol. The Morgan fingerprint density at radius 3 is 1.79 bits per heavy atom. The van der Waals surface area contributed by atoms with Gasteiger partial charge < -0.3 is 6.42 Å². The molecule has 3 heteroatoms. The molecule has 1 nitrogen and oxygen atoms in total. The van der Waals surface area contributed by atoms with Crippen molar-refractivity contribution < 1.29 is 51.7 Å². The molecule has 1 heterocycles. The summed E-state index contributed by atoms with van der Waals surface area (Å²) in [6.45, 7) is 15.4. The molecule has 1 aliphatic rings. The third kappa shape index (κ3) is 2.71. The summed E-state index contributed by atoms with van der Waals surface area (Å²) in [5, 5.41) is 0. The second-order valence-corrected chi connectivity index (χ2v) is 5.41. The van der Waals surface area contributed by atoms with Crippen molar-refractivity contribution in [3.63, 3.8) is 0 Å². The first-order valence-electron chi connectivity index (χ1n) is 6.31. The second-order valence-electron chi connectivity index (χ2n) is 5.41. The number of benzene rings is 1. The molecular formula is C16H22Hf2N-. The van der Waals surface area contributed by atoms with Crippen molar-refractivity contribution in [3.8, 4) is 0 Å². The molecule has 0 N–H and O–H groups in total. The zero-order valence-electron chi connectivity index (χ0n) is 13.0. The van der Waals surface area contributed by atoms with E-state index < -0.39 is 0 Å². The quantitative estimate of drug-likeness (QED) is 0.340. The van der Waals surface area contributed by atoms with Crippen LogP contribution in [0.4, 0.5) is 5.69 Å². The first-order chi connectivity index (χ1) is 7.84. The van der Waals surface area contributed by atoms with Gasteiger partial charge in [-0.1, -0.05) is 12.3 Å². The average molecular weight is 585 g/mol. The van der Waals surface area contributed by atoms with Crippen molar-refractivity contribution in [2.24, 2.45) is 4.99 Å². The van der Waals surface area contributed by atoms with Gasteiger partial charge in [0.05, 0.1) is 5.69 Å². The molecule has 100 valence electrons. The Balaban J connectivity index is 0.00000162. The van der Waals surface area contributed by atoms with Gasteiger partial charge in [-0.05, 0) is 68.1 Å². The zero-order valence-corrected chi connectivity index (χ0v) is 20.2. The molecule has 1 aromatic carbocycles. The number of fused-ring (bicyclic) bond motifs is 1. The normalized spacial score (nSPS) is 20.3. The molecular weight excluding hydrogens is 563 g/mol. The van der Waals surface area contributed by atoms with Crippen molar-refractivity contribution in [1.82, 2.24) is 0 Å². The molecule has 19 heavy (non-hydrogen) atoms. The van der Waals surface area contributed by atoms with Crippen LogP contribution in [0, 0.1) is 34.1 Å². The molecule has 0 amide bonds. The van der Waals surface area contributed by atoms with Crippen LogP contribution in [0.25, 0.3) is 0 Å². The van der Waals surface area contributed by atoms with E-state index in [4.69, 9.17) is 4.99 Å². The molecule has 0 bridgehead atoms. The van der Waals surface area contributed by atoms with E-state index in [0.29, 0.717) is 0 Å². The van der Waals surface area contributed by atoms with Crippen molar-refractivity contribution in [2.45, 2.75) is 53.9 Å². The van der Waals surface area contributed by atoms with Gasteiger partial charge in [0.1, 0.15) is 0 Å². The number of hydrogen-bond acceptors (Lipinski definition) is 1. The van der Waals surface area contributed by atoms with Crippen LogP contribution in [0.1, 0.15) is 48.6 Å². The average Bonchev–Trinajstić information content (AvgIpc) is 2.58. The molecule has 0 fully saturated rings. The van der Waals surface area contributed by atoms with Gasteiger partial charge in [-0.25, -0.2) is 0 Å². The van der Waals surface area contributed by atoms with Crippen molar-refractivity contribution in [3.05, 3.63) is 34.2 Å². The molecule has 1 aliphatic heterocycles. The van der Waals surface area contributed by atoms with Gasteiger partial charge >= 0.3 is 0 Å². The Morgan fingerprint density at radius 1 is 0.842 bits per heavy atom. The Hall–Kier alpha value is 0.630. The van der Waals surface area contributed by atoms with Crippen LogP contribution >= 0.6 is 0 Å². The van der Waals surface area contributed by atoms with Crippen LogP contribution in [-0.2, 0) is 57.1 Å². The Bertz CT molecular complexity index is 532. The predicted molar refractivity (Wildman–Crippen MR) is 75.5 cm³/mol. The summed E-state index contributed by atoms with van der Waals surface area (Å²) >= 11 is 0. The second kappa shape index (κ2) is 6.60. The minimum Gasteiger partial charge on any atom is -0.316 e. The molecule has 0 aliphatic carbocycles. The van der Waals surface area contributed by atoms with E-state index in [2.05, 4.69) is 54.9 Å². The third-order valence-corrected chi connectivity index (χ3v) is 4.78. The Kier molecular flexibility index (Phi) is 6.81. The van der Waals surface area contributed by atoms with E-state index in [1.54, 1.807) is 0 Å². The fraction of sp³-hybridized carbons (Fsp3) is 0.500. The summed E-state index contributed by atoms with van der Waals surface area (Å²) in [7, 11) is 0. The summed E-state index contributed by atoms with van der Waals surface area (Å²) in [5.41, 5.74) is 9.41. The number of nitrogens with zero attached hydrogens (tertiary/aromatic N) is 1.